The molecule has 6 heteroatoms. The van der Waals surface area contributed by atoms with Gasteiger partial charge in [0.05, 0.1) is 12.6 Å². The monoisotopic (exact) mass is 344 g/mol. The summed E-state index contributed by atoms with van der Waals surface area (Å²) < 4.78 is 11.3. The largest absolute Gasteiger partial charge is 0.491 e. The van der Waals surface area contributed by atoms with Crippen LogP contribution in [0.4, 0.5) is 4.79 Å². The molecule has 3 fully saturated rings. The van der Waals surface area contributed by atoms with Crippen LogP contribution in [-0.2, 0) is 16.1 Å². The summed E-state index contributed by atoms with van der Waals surface area (Å²) in [6.45, 7) is 3.51. The zero-order chi connectivity index (χ0) is 17.4. The predicted molar refractivity (Wildman–Crippen MR) is 91.1 cm³/mol. The molecule has 0 radical (unpaired) electrons. The highest BCUT2D eigenvalue weighted by atomic mass is 16.5. The molecule has 3 amide bonds. The van der Waals surface area contributed by atoms with Gasteiger partial charge >= 0.3 is 6.03 Å². The number of urea groups is 1. The van der Waals surface area contributed by atoms with E-state index in [0.717, 1.165) is 43.6 Å². The number of amides is 3. The highest BCUT2D eigenvalue weighted by molar-refractivity contribution is 6.07. The molecule has 2 aliphatic heterocycles. The number of nitrogens with one attached hydrogen (secondary N) is 1. The highest BCUT2D eigenvalue weighted by Gasteiger charge is 2.55. The van der Waals surface area contributed by atoms with E-state index in [1.807, 2.05) is 31.2 Å². The Kier molecular flexibility index (Phi) is 4.15. The minimum Gasteiger partial charge on any atom is -0.491 e. The maximum Gasteiger partial charge on any atom is 0.325 e. The van der Waals surface area contributed by atoms with E-state index in [4.69, 9.17) is 9.47 Å². The van der Waals surface area contributed by atoms with Crippen LogP contribution in [0.2, 0.25) is 0 Å². The standard InChI is InChI=1S/C19H24N2O4/c1-19(14-6-7-14)17(22)21(18(23)20-19)11-13-4-8-15(9-5-13)25-12-16-3-2-10-24-16/h4-5,8-9,14,16H,2-3,6-7,10-12H2,1H3,(H,20,23)/t16-,19+/m1/s1. The molecule has 3 aliphatic rings. The van der Waals surface area contributed by atoms with E-state index in [1.165, 1.54) is 4.90 Å². The van der Waals surface area contributed by atoms with E-state index >= 15 is 0 Å². The molecule has 2 atom stereocenters. The maximum absolute atomic E-state index is 12.6. The van der Waals surface area contributed by atoms with Crippen molar-refractivity contribution in [1.29, 1.82) is 0 Å². The van der Waals surface area contributed by atoms with Gasteiger partial charge < -0.3 is 14.8 Å². The second-order valence-electron chi connectivity index (χ2n) is 7.39. The first-order chi connectivity index (χ1) is 12.1. The van der Waals surface area contributed by atoms with E-state index in [9.17, 15) is 9.59 Å². The third-order valence-electron chi connectivity index (χ3n) is 5.42. The summed E-state index contributed by atoms with van der Waals surface area (Å²) in [4.78, 5) is 26.2. The molecular weight excluding hydrogens is 320 g/mol. The van der Waals surface area contributed by atoms with Gasteiger partial charge in [-0.1, -0.05) is 12.1 Å². The molecule has 0 bridgehead atoms. The Hall–Kier alpha value is -2.08. The highest BCUT2D eigenvalue weighted by Crippen LogP contribution is 2.42. The molecule has 2 heterocycles. The molecule has 1 saturated carbocycles. The number of rotatable bonds is 6. The fourth-order valence-electron chi connectivity index (χ4n) is 3.64. The topological polar surface area (TPSA) is 67.9 Å². The molecule has 0 aromatic heterocycles. The lowest BCUT2D eigenvalue weighted by Gasteiger charge is -2.21. The van der Waals surface area contributed by atoms with Crippen LogP contribution < -0.4 is 10.1 Å². The average Bonchev–Trinajstić information content (AvgIpc) is 3.30. The Morgan fingerprint density at radius 1 is 1.24 bits per heavy atom. The van der Waals surface area contributed by atoms with Gasteiger partial charge in [0.15, 0.2) is 0 Å². The minimum atomic E-state index is -0.721. The van der Waals surface area contributed by atoms with Gasteiger partial charge in [-0.2, -0.15) is 0 Å². The van der Waals surface area contributed by atoms with Crippen LogP contribution in [-0.4, -0.2) is 41.7 Å². The lowest BCUT2D eigenvalue weighted by Crippen LogP contribution is -2.46. The van der Waals surface area contributed by atoms with Crippen LogP contribution >= 0.6 is 0 Å². The van der Waals surface area contributed by atoms with Gasteiger partial charge in [0.1, 0.15) is 17.9 Å². The second-order valence-corrected chi connectivity index (χ2v) is 7.39. The number of imide groups is 1. The van der Waals surface area contributed by atoms with Crippen LogP contribution in [0, 0.1) is 5.92 Å². The Morgan fingerprint density at radius 3 is 2.64 bits per heavy atom. The van der Waals surface area contributed by atoms with Crippen LogP contribution in [0.5, 0.6) is 5.75 Å². The Labute approximate surface area is 147 Å². The third kappa shape index (κ3) is 3.23. The number of carbonyl (C=O) groups excluding carboxylic acids is 2. The van der Waals surface area contributed by atoms with E-state index < -0.39 is 5.54 Å². The van der Waals surface area contributed by atoms with Crippen LogP contribution in [0.15, 0.2) is 24.3 Å². The fourth-order valence-corrected chi connectivity index (χ4v) is 3.64. The molecule has 6 nitrogen and oxygen atoms in total. The third-order valence-corrected chi connectivity index (χ3v) is 5.42. The molecule has 0 spiro atoms. The smallest absolute Gasteiger partial charge is 0.325 e. The van der Waals surface area contributed by atoms with Crippen molar-refractivity contribution in [1.82, 2.24) is 10.2 Å². The molecule has 134 valence electrons. The summed E-state index contributed by atoms with van der Waals surface area (Å²) in [6, 6.07) is 7.26. The van der Waals surface area contributed by atoms with Gasteiger partial charge in [-0.15, -0.1) is 0 Å². The summed E-state index contributed by atoms with van der Waals surface area (Å²) in [5, 5.41) is 2.87. The van der Waals surface area contributed by atoms with Crippen molar-refractivity contribution in [2.24, 2.45) is 5.92 Å². The molecule has 4 rings (SSSR count). The van der Waals surface area contributed by atoms with Crippen molar-refractivity contribution in [3.05, 3.63) is 29.8 Å². The Bertz CT molecular complexity index is 665. The first kappa shape index (κ1) is 16.4. The van der Waals surface area contributed by atoms with E-state index in [1.54, 1.807) is 0 Å². The molecule has 1 aromatic rings. The Morgan fingerprint density at radius 2 is 2.00 bits per heavy atom. The molecule has 0 unspecified atom stereocenters. The van der Waals surface area contributed by atoms with Gasteiger partial charge in [-0.25, -0.2) is 4.79 Å². The van der Waals surface area contributed by atoms with Crippen molar-refractivity contribution in [3.63, 3.8) is 0 Å². The molecule has 1 N–H and O–H groups in total. The van der Waals surface area contributed by atoms with Gasteiger partial charge in [0, 0.05) is 6.61 Å². The quantitative estimate of drug-likeness (QED) is 0.805. The number of nitrogens with zero attached hydrogens (tertiary/aromatic N) is 1. The summed E-state index contributed by atoms with van der Waals surface area (Å²) >= 11 is 0. The average molecular weight is 344 g/mol. The predicted octanol–water partition coefficient (Wildman–Crippen LogP) is 2.46. The van der Waals surface area contributed by atoms with Crippen LogP contribution in [0.1, 0.15) is 38.2 Å². The van der Waals surface area contributed by atoms with E-state index in [2.05, 4.69) is 5.32 Å². The lowest BCUT2D eigenvalue weighted by atomic mass is 9.96. The van der Waals surface area contributed by atoms with Crippen molar-refractivity contribution < 1.29 is 19.1 Å². The van der Waals surface area contributed by atoms with Crippen molar-refractivity contribution in [2.45, 2.75) is 50.8 Å². The first-order valence-electron chi connectivity index (χ1n) is 9.04. The van der Waals surface area contributed by atoms with E-state index in [-0.39, 0.29) is 24.0 Å². The number of hydrogen-bond donors (Lipinski definition) is 1. The number of hydrogen-bond acceptors (Lipinski definition) is 4. The minimum absolute atomic E-state index is 0.112. The number of benzene rings is 1. The lowest BCUT2D eigenvalue weighted by molar-refractivity contribution is -0.131. The van der Waals surface area contributed by atoms with Crippen molar-refractivity contribution >= 4 is 11.9 Å². The van der Waals surface area contributed by atoms with Gasteiger partial charge in [0.2, 0.25) is 0 Å². The summed E-state index contributed by atoms with van der Waals surface area (Å²) in [7, 11) is 0. The summed E-state index contributed by atoms with van der Waals surface area (Å²) in [5.41, 5.74) is 0.189. The zero-order valence-corrected chi connectivity index (χ0v) is 14.5. The van der Waals surface area contributed by atoms with E-state index in [0.29, 0.717) is 13.2 Å². The second kappa shape index (κ2) is 6.33. The zero-order valence-electron chi connectivity index (χ0n) is 14.5. The fraction of sp³-hybridized carbons (Fsp3) is 0.579. The van der Waals surface area contributed by atoms with Gasteiger partial charge in [0.25, 0.3) is 5.91 Å². The van der Waals surface area contributed by atoms with Gasteiger partial charge in [-0.3, -0.25) is 9.69 Å². The SMILES string of the molecule is C[C@@]1(C2CC2)NC(=O)N(Cc2ccc(OC[C@H]3CCCO3)cc2)C1=O. The van der Waals surface area contributed by atoms with Crippen LogP contribution in [0.3, 0.4) is 0 Å². The normalized spacial score (nSPS) is 29.2. The molecule has 1 aromatic carbocycles. The molecular formula is C19H24N2O4. The summed E-state index contributed by atoms with van der Waals surface area (Å²) in [6.07, 6.45) is 4.34. The first-order valence-corrected chi connectivity index (χ1v) is 9.04. The van der Waals surface area contributed by atoms with Crippen molar-refractivity contribution in [3.8, 4) is 5.75 Å². The van der Waals surface area contributed by atoms with Crippen molar-refractivity contribution in [2.75, 3.05) is 13.2 Å². The maximum atomic E-state index is 12.6. The molecule has 2 saturated heterocycles. The number of ether oxygens (including phenoxy) is 2. The number of carbonyl (C=O) groups is 2. The summed E-state index contributed by atoms with van der Waals surface area (Å²) in [5.74, 6) is 0.945. The van der Waals surface area contributed by atoms with Gasteiger partial charge in [-0.05, 0) is 56.2 Å². The van der Waals surface area contributed by atoms with Crippen LogP contribution in [0.25, 0.3) is 0 Å². The molecule has 1 aliphatic carbocycles. The molecule has 25 heavy (non-hydrogen) atoms. The Balaban J connectivity index is 1.36.